The van der Waals surface area contributed by atoms with Crippen LogP contribution in [-0.4, -0.2) is 77.6 Å². The van der Waals surface area contributed by atoms with Crippen LogP contribution in [0.2, 0.25) is 0 Å². The van der Waals surface area contributed by atoms with Crippen molar-refractivity contribution in [2.45, 2.75) is 57.7 Å². The van der Waals surface area contributed by atoms with E-state index >= 15 is 0 Å². The maximum atomic E-state index is 13.8. The summed E-state index contributed by atoms with van der Waals surface area (Å²) in [6.07, 6.45) is 5.69. The zero-order valence-corrected chi connectivity index (χ0v) is 22.4. The van der Waals surface area contributed by atoms with E-state index in [1.54, 1.807) is 12.1 Å². The standard InChI is InChI=1S/C29H35N5O5/c1-19(2)16-23(30-27(36)20-7-9-22(10-8-20)31-12-3-4-13-31)29(38)33-15-11-24-26(33)25(35)18-34(24)28(37)21-6-5-14-32(39)17-21/h5-10,14,17,19,23-24,26H,3-4,11-13,15-16,18H2,1-2H3,(H,30,36). The third kappa shape index (κ3) is 5.46. The van der Waals surface area contributed by atoms with Crippen LogP contribution < -0.4 is 14.9 Å². The number of pyridine rings is 1. The number of nitrogens with zero attached hydrogens (tertiary/aromatic N) is 4. The number of anilines is 1. The molecule has 0 bridgehead atoms. The lowest BCUT2D eigenvalue weighted by Gasteiger charge is -2.29. The van der Waals surface area contributed by atoms with E-state index in [0.29, 0.717) is 29.7 Å². The van der Waals surface area contributed by atoms with Crippen molar-refractivity contribution < 1.29 is 23.9 Å². The van der Waals surface area contributed by atoms with E-state index in [0.717, 1.165) is 18.8 Å². The van der Waals surface area contributed by atoms with E-state index in [-0.39, 0.29) is 35.6 Å². The fraction of sp³-hybridized carbons (Fsp3) is 0.483. The first kappa shape index (κ1) is 26.6. The van der Waals surface area contributed by atoms with Gasteiger partial charge in [-0.15, -0.1) is 0 Å². The molecule has 3 aliphatic heterocycles. The van der Waals surface area contributed by atoms with Crippen LogP contribution in [0.15, 0.2) is 48.8 Å². The third-order valence-corrected chi connectivity index (χ3v) is 7.90. The molecule has 3 unspecified atom stereocenters. The summed E-state index contributed by atoms with van der Waals surface area (Å²) < 4.78 is 0.548. The molecule has 0 aliphatic carbocycles. The van der Waals surface area contributed by atoms with Crippen LogP contribution >= 0.6 is 0 Å². The maximum absolute atomic E-state index is 13.8. The Morgan fingerprint density at radius 2 is 1.74 bits per heavy atom. The van der Waals surface area contributed by atoms with Gasteiger partial charge in [-0.05, 0) is 61.9 Å². The predicted molar refractivity (Wildman–Crippen MR) is 144 cm³/mol. The number of hydrogen-bond acceptors (Lipinski definition) is 6. The largest absolute Gasteiger partial charge is 0.619 e. The molecule has 2 aromatic rings. The summed E-state index contributed by atoms with van der Waals surface area (Å²) in [6, 6.07) is 8.47. The summed E-state index contributed by atoms with van der Waals surface area (Å²) in [6.45, 7) is 6.19. The number of nitrogens with one attached hydrogen (secondary N) is 1. The monoisotopic (exact) mass is 533 g/mol. The molecule has 0 spiro atoms. The number of Topliss-reactive ketones (excluding diaryl/α,β-unsaturated/α-hetero) is 1. The summed E-state index contributed by atoms with van der Waals surface area (Å²) in [5, 5.41) is 14.6. The van der Waals surface area contributed by atoms with Crippen LogP contribution in [0, 0.1) is 11.1 Å². The van der Waals surface area contributed by atoms with Crippen LogP contribution in [0.25, 0.3) is 0 Å². The second-order valence-electron chi connectivity index (χ2n) is 11.1. The Morgan fingerprint density at radius 1 is 1.03 bits per heavy atom. The molecule has 10 heteroatoms. The molecule has 206 valence electrons. The molecule has 4 heterocycles. The van der Waals surface area contributed by atoms with Crippen molar-refractivity contribution in [3.8, 4) is 0 Å². The molecule has 3 atom stereocenters. The molecule has 1 N–H and O–H groups in total. The van der Waals surface area contributed by atoms with Gasteiger partial charge in [0.05, 0.1) is 12.6 Å². The number of carbonyl (C=O) groups is 4. The fourth-order valence-corrected chi connectivity index (χ4v) is 6.02. The van der Waals surface area contributed by atoms with Gasteiger partial charge in [0.2, 0.25) is 5.91 Å². The maximum Gasteiger partial charge on any atom is 0.260 e. The van der Waals surface area contributed by atoms with E-state index in [4.69, 9.17) is 0 Å². The van der Waals surface area contributed by atoms with Gasteiger partial charge in [0.25, 0.3) is 11.8 Å². The second-order valence-corrected chi connectivity index (χ2v) is 11.1. The normalized spacial score (nSPS) is 21.4. The molecule has 3 aliphatic rings. The number of rotatable bonds is 7. The zero-order valence-electron chi connectivity index (χ0n) is 22.4. The summed E-state index contributed by atoms with van der Waals surface area (Å²) in [4.78, 5) is 58.4. The number of ketones is 1. The third-order valence-electron chi connectivity index (χ3n) is 7.90. The molecule has 3 fully saturated rings. The number of fused-ring (bicyclic) bond motifs is 1. The molecular formula is C29H35N5O5. The van der Waals surface area contributed by atoms with Gasteiger partial charge in [0, 0.05) is 37.0 Å². The molecule has 10 nitrogen and oxygen atoms in total. The van der Waals surface area contributed by atoms with Gasteiger partial charge in [0.15, 0.2) is 18.2 Å². The first-order valence-electron chi connectivity index (χ1n) is 13.7. The summed E-state index contributed by atoms with van der Waals surface area (Å²) >= 11 is 0. The van der Waals surface area contributed by atoms with Crippen molar-refractivity contribution in [1.29, 1.82) is 0 Å². The lowest BCUT2D eigenvalue weighted by molar-refractivity contribution is -0.605. The molecule has 0 saturated carbocycles. The molecule has 3 amide bonds. The number of benzene rings is 1. The quantitative estimate of drug-likeness (QED) is 0.428. The highest BCUT2D eigenvalue weighted by Gasteiger charge is 2.52. The Labute approximate surface area is 228 Å². The van der Waals surface area contributed by atoms with Crippen molar-refractivity contribution in [1.82, 2.24) is 15.1 Å². The molecule has 1 aromatic heterocycles. The fourth-order valence-electron chi connectivity index (χ4n) is 6.02. The first-order chi connectivity index (χ1) is 18.7. The van der Waals surface area contributed by atoms with Gasteiger partial charge in [-0.2, -0.15) is 4.73 Å². The molecule has 3 saturated heterocycles. The molecular weight excluding hydrogens is 498 g/mol. The Kier molecular flexibility index (Phi) is 7.54. The van der Waals surface area contributed by atoms with Gasteiger partial charge < -0.3 is 25.2 Å². The summed E-state index contributed by atoms with van der Waals surface area (Å²) in [7, 11) is 0. The highest BCUT2D eigenvalue weighted by atomic mass is 16.5. The van der Waals surface area contributed by atoms with Crippen LogP contribution in [-0.2, 0) is 9.59 Å². The van der Waals surface area contributed by atoms with E-state index in [1.807, 2.05) is 26.0 Å². The Hall–Kier alpha value is -3.95. The number of amides is 3. The minimum Gasteiger partial charge on any atom is -0.619 e. The van der Waals surface area contributed by atoms with Gasteiger partial charge in [-0.3, -0.25) is 19.2 Å². The van der Waals surface area contributed by atoms with Gasteiger partial charge in [-0.25, -0.2) is 0 Å². The van der Waals surface area contributed by atoms with Crippen molar-refractivity contribution in [2.24, 2.45) is 5.92 Å². The number of likely N-dealkylation sites (tertiary alicyclic amines) is 2. The lowest BCUT2D eigenvalue weighted by Crippen LogP contribution is -2.53. The molecule has 5 rings (SSSR count). The smallest absolute Gasteiger partial charge is 0.260 e. The molecule has 0 radical (unpaired) electrons. The van der Waals surface area contributed by atoms with Gasteiger partial charge in [-0.1, -0.05) is 13.8 Å². The average molecular weight is 534 g/mol. The topological polar surface area (TPSA) is 117 Å². The highest BCUT2D eigenvalue weighted by Crippen LogP contribution is 2.32. The van der Waals surface area contributed by atoms with Crippen molar-refractivity contribution >= 4 is 29.2 Å². The molecule has 39 heavy (non-hydrogen) atoms. The number of aromatic nitrogens is 1. The van der Waals surface area contributed by atoms with Crippen molar-refractivity contribution in [2.75, 3.05) is 31.1 Å². The van der Waals surface area contributed by atoms with Crippen LogP contribution in [0.4, 0.5) is 5.69 Å². The minimum atomic E-state index is -0.791. The highest BCUT2D eigenvalue weighted by molar-refractivity contribution is 6.03. The molecule has 1 aromatic carbocycles. The second kappa shape index (κ2) is 11.0. The zero-order chi connectivity index (χ0) is 27.7. The van der Waals surface area contributed by atoms with Crippen LogP contribution in [0.1, 0.15) is 60.2 Å². The number of hydrogen-bond donors (Lipinski definition) is 1. The van der Waals surface area contributed by atoms with Crippen LogP contribution in [0.5, 0.6) is 0 Å². The minimum absolute atomic E-state index is 0.115. The number of carbonyl (C=O) groups excluding carboxylic acids is 4. The van der Waals surface area contributed by atoms with E-state index in [2.05, 4.69) is 10.2 Å². The predicted octanol–water partition coefficient (Wildman–Crippen LogP) is 1.76. The summed E-state index contributed by atoms with van der Waals surface area (Å²) in [5.41, 5.74) is 1.76. The van der Waals surface area contributed by atoms with E-state index in [9.17, 15) is 24.4 Å². The Balaban J connectivity index is 1.29. The van der Waals surface area contributed by atoms with Crippen LogP contribution in [0.3, 0.4) is 0 Å². The Morgan fingerprint density at radius 3 is 2.41 bits per heavy atom. The van der Waals surface area contributed by atoms with Gasteiger partial charge >= 0.3 is 0 Å². The average Bonchev–Trinajstić information content (AvgIpc) is 3.67. The Bertz CT molecular complexity index is 1260. The lowest BCUT2D eigenvalue weighted by atomic mass is 10.0. The summed E-state index contributed by atoms with van der Waals surface area (Å²) in [5.74, 6) is -1.12. The first-order valence-corrected chi connectivity index (χ1v) is 13.7. The van der Waals surface area contributed by atoms with Crippen molar-refractivity contribution in [3.05, 3.63) is 65.1 Å². The van der Waals surface area contributed by atoms with Crippen molar-refractivity contribution in [3.63, 3.8) is 0 Å². The van der Waals surface area contributed by atoms with E-state index in [1.165, 1.54) is 47.2 Å². The van der Waals surface area contributed by atoms with E-state index < -0.39 is 24.0 Å². The SMILES string of the molecule is CC(C)CC(NC(=O)c1ccc(N2CCCC2)cc1)C(=O)N1CCC2C1C(=O)CN2C(=O)c1ccc[n+]([O-])c1. The van der Waals surface area contributed by atoms with Gasteiger partial charge in [0.1, 0.15) is 17.6 Å².